The van der Waals surface area contributed by atoms with E-state index in [0.29, 0.717) is 6.61 Å². The summed E-state index contributed by atoms with van der Waals surface area (Å²) in [4.78, 5) is 0. The van der Waals surface area contributed by atoms with E-state index >= 15 is 0 Å². The molecule has 0 radical (unpaired) electrons. The Morgan fingerprint density at radius 3 is 2.73 bits per heavy atom. The van der Waals surface area contributed by atoms with Crippen LogP contribution in [0, 0.1) is 12.3 Å². The fourth-order valence-corrected chi connectivity index (χ4v) is 3.01. The molecule has 0 spiro atoms. The summed E-state index contributed by atoms with van der Waals surface area (Å²) >= 11 is 0. The third-order valence-electron chi connectivity index (χ3n) is 4.08. The van der Waals surface area contributed by atoms with Crippen LogP contribution >= 0.6 is 0 Å². The zero-order valence-corrected chi connectivity index (χ0v) is 12.6. The zero-order chi connectivity index (χ0) is 15.5. The SMILES string of the molecule is C#Cc1ccc(-c2cc(CNC)c(CO)c3c2OCC3)cc1. The second-order valence-corrected chi connectivity index (χ2v) is 5.38. The lowest BCUT2D eigenvalue weighted by Crippen LogP contribution is -2.10. The summed E-state index contributed by atoms with van der Waals surface area (Å²) in [6.07, 6.45) is 6.27. The van der Waals surface area contributed by atoms with Crippen LogP contribution in [0.2, 0.25) is 0 Å². The fraction of sp³-hybridized carbons (Fsp3) is 0.263. The maximum absolute atomic E-state index is 9.73. The molecule has 0 unspecified atom stereocenters. The molecule has 3 rings (SSSR count). The van der Waals surface area contributed by atoms with E-state index in [0.717, 1.165) is 52.1 Å². The molecule has 2 aromatic carbocycles. The van der Waals surface area contributed by atoms with E-state index in [9.17, 15) is 5.11 Å². The first-order chi connectivity index (χ1) is 10.8. The summed E-state index contributed by atoms with van der Waals surface area (Å²) in [7, 11) is 1.91. The summed E-state index contributed by atoms with van der Waals surface area (Å²) < 4.78 is 5.84. The molecular formula is C19H19NO2. The minimum Gasteiger partial charge on any atom is -0.492 e. The van der Waals surface area contributed by atoms with Gasteiger partial charge in [-0.1, -0.05) is 18.1 Å². The highest BCUT2D eigenvalue weighted by atomic mass is 16.5. The maximum atomic E-state index is 9.73. The lowest BCUT2D eigenvalue weighted by molar-refractivity contribution is 0.279. The zero-order valence-electron chi connectivity index (χ0n) is 12.6. The average Bonchev–Trinajstić information content (AvgIpc) is 3.04. The van der Waals surface area contributed by atoms with E-state index in [1.165, 1.54) is 0 Å². The van der Waals surface area contributed by atoms with Crippen molar-refractivity contribution in [1.82, 2.24) is 5.32 Å². The Morgan fingerprint density at radius 2 is 2.09 bits per heavy atom. The van der Waals surface area contributed by atoms with Gasteiger partial charge in [0.15, 0.2) is 0 Å². The molecule has 0 aliphatic carbocycles. The number of benzene rings is 2. The third-order valence-corrected chi connectivity index (χ3v) is 4.08. The van der Waals surface area contributed by atoms with Gasteiger partial charge in [-0.2, -0.15) is 0 Å². The van der Waals surface area contributed by atoms with Crippen LogP contribution in [0.15, 0.2) is 30.3 Å². The van der Waals surface area contributed by atoms with Crippen LogP contribution in [-0.4, -0.2) is 18.8 Å². The van der Waals surface area contributed by atoms with Crippen LogP contribution in [0.5, 0.6) is 5.75 Å². The molecule has 0 saturated carbocycles. The Morgan fingerprint density at radius 1 is 1.32 bits per heavy atom. The maximum Gasteiger partial charge on any atom is 0.130 e. The molecule has 0 saturated heterocycles. The Kier molecular flexibility index (Phi) is 4.15. The van der Waals surface area contributed by atoms with Crippen molar-refractivity contribution in [3.63, 3.8) is 0 Å². The first kappa shape index (κ1) is 14.6. The van der Waals surface area contributed by atoms with Gasteiger partial charge in [-0.05, 0) is 41.9 Å². The predicted octanol–water partition coefficient (Wildman–Crippen LogP) is 2.48. The predicted molar refractivity (Wildman–Crippen MR) is 87.7 cm³/mol. The van der Waals surface area contributed by atoms with Crippen molar-refractivity contribution in [3.05, 3.63) is 52.6 Å². The van der Waals surface area contributed by atoms with Gasteiger partial charge in [0.25, 0.3) is 0 Å². The summed E-state index contributed by atoms with van der Waals surface area (Å²) in [6.45, 7) is 1.43. The topological polar surface area (TPSA) is 41.5 Å². The van der Waals surface area contributed by atoms with Crippen LogP contribution < -0.4 is 10.1 Å². The standard InChI is InChI=1S/C19H19NO2/c1-3-13-4-6-14(7-5-13)17-10-15(11-20-2)18(12-21)16-8-9-22-19(16)17/h1,4-7,10,20-21H,8-9,11-12H2,2H3. The van der Waals surface area contributed by atoms with Crippen LogP contribution in [0.3, 0.4) is 0 Å². The number of aliphatic hydroxyl groups is 1. The smallest absolute Gasteiger partial charge is 0.130 e. The molecule has 1 aliphatic rings. The molecule has 2 aromatic rings. The van der Waals surface area contributed by atoms with E-state index in [1.807, 2.05) is 31.3 Å². The van der Waals surface area contributed by atoms with Crippen molar-refractivity contribution < 1.29 is 9.84 Å². The number of terminal acetylenes is 1. The van der Waals surface area contributed by atoms with Gasteiger partial charge < -0.3 is 15.2 Å². The normalized spacial score (nSPS) is 12.6. The molecule has 0 amide bonds. The van der Waals surface area contributed by atoms with Crippen LogP contribution in [-0.2, 0) is 19.6 Å². The second-order valence-electron chi connectivity index (χ2n) is 5.38. The molecule has 2 N–H and O–H groups in total. The molecule has 0 bridgehead atoms. The summed E-state index contributed by atoms with van der Waals surface area (Å²) in [5.74, 6) is 3.53. The quantitative estimate of drug-likeness (QED) is 0.851. The first-order valence-electron chi connectivity index (χ1n) is 7.41. The van der Waals surface area contributed by atoms with Gasteiger partial charge in [0, 0.05) is 29.7 Å². The van der Waals surface area contributed by atoms with Gasteiger partial charge in [-0.3, -0.25) is 0 Å². The van der Waals surface area contributed by atoms with Crippen molar-refractivity contribution in [1.29, 1.82) is 0 Å². The van der Waals surface area contributed by atoms with Gasteiger partial charge in [-0.25, -0.2) is 0 Å². The highest BCUT2D eigenvalue weighted by molar-refractivity contribution is 5.75. The van der Waals surface area contributed by atoms with E-state index in [2.05, 4.69) is 17.3 Å². The highest BCUT2D eigenvalue weighted by Gasteiger charge is 2.23. The lowest BCUT2D eigenvalue weighted by Gasteiger charge is -2.16. The molecule has 1 heterocycles. The number of nitrogens with one attached hydrogen (secondary N) is 1. The molecule has 112 valence electrons. The molecule has 22 heavy (non-hydrogen) atoms. The number of hydrogen-bond donors (Lipinski definition) is 2. The van der Waals surface area contributed by atoms with Gasteiger partial charge in [0.1, 0.15) is 5.75 Å². The Bertz CT molecular complexity index is 727. The van der Waals surface area contributed by atoms with Crippen molar-refractivity contribution in [3.8, 4) is 29.2 Å². The summed E-state index contributed by atoms with van der Waals surface area (Å²) in [5, 5.41) is 12.9. The van der Waals surface area contributed by atoms with Crippen molar-refractivity contribution in [2.45, 2.75) is 19.6 Å². The Labute approximate surface area is 130 Å². The molecule has 3 heteroatoms. The summed E-state index contributed by atoms with van der Waals surface area (Å²) in [6, 6.07) is 10.0. The molecule has 0 atom stereocenters. The van der Waals surface area contributed by atoms with E-state index in [1.54, 1.807) is 0 Å². The van der Waals surface area contributed by atoms with E-state index in [-0.39, 0.29) is 6.61 Å². The minimum absolute atomic E-state index is 0.0407. The van der Waals surface area contributed by atoms with Crippen LogP contribution in [0.1, 0.15) is 22.3 Å². The molecule has 1 aliphatic heterocycles. The molecular weight excluding hydrogens is 274 g/mol. The Balaban J connectivity index is 2.16. The van der Waals surface area contributed by atoms with Crippen molar-refractivity contribution in [2.24, 2.45) is 0 Å². The highest BCUT2D eigenvalue weighted by Crippen LogP contribution is 2.40. The van der Waals surface area contributed by atoms with Crippen LogP contribution in [0.25, 0.3) is 11.1 Å². The molecule has 0 fully saturated rings. The van der Waals surface area contributed by atoms with Crippen LogP contribution in [0.4, 0.5) is 0 Å². The monoisotopic (exact) mass is 293 g/mol. The molecule has 3 nitrogen and oxygen atoms in total. The number of hydrogen-bond acceptors (Lipinski definition) is 3. The van der Waals surface area contributed by atoms with E-state index < -0.39 is 0 Å². The van der Waals surface area contributed by atoms with Gasteiger partial charge in [0.05, 0.1) is 13.2 Å². The summed E-state index contributed by atoms with van der Waals surface area (Å²) in [5.41, 5.74) is 6.25. The first-order valence-corrected chi connectivity index (χ1v) is 7.41. The van der Waals surface area contributed by atoms with Crippen molar-refractivity contribution in [2.75, 3.05) is 13.7 Å². The largest absolute Gasteiger partial charge is 0.492 e. The van der Waals surface area contributed by atoms with Gasteiger partial charge >= 0.3 is 0 Å². The second kappa shape index (κ2) is 6.23. The Hall–Kier alpha value is -2.28. The fourth-order valence-electron chi connectivity index (χ4n) is 3.01. The van der Waals surface area contributed by atoms with Crippen molar-refractivity contribution >= 4 is 0 Å². The average molecular weight is 293 g/mol. The number of fused-ring (bicyclic) bond motifs is 1. The van der Waals surface area contributed by atoms with E-state index in [4.69, 9.17) is 11.2 Å². The molecule has 0 aromatic heterocycles. The minimum atomic E-state index is 0.0407. The number of ether oxygens (including phenoxy) is 1. The van der Waals surface area contributed by atoms with Gasteiger partial charge in [-0.15, -0.1) is 6.42 Å². The third kappa shape index (κ3) is 2.48. The number of rotatable bonds is 4. The number of aliphatic hydroxyl groups excluding tert-OH is 1. The van der Waals surface area contributed by atoms with Gasteiger partial charge in [0.2, 0.25) is 0 Å². The lowest BCUT2D eigenvalue weighted by atomic mass is 9.92.